The molecule has 1 nitrogen and oxygen atoms in total. The fourth-order valence-corrected chi connectivity index (χ4v) is 4.18. The van der Waals surface area contributed by atoms with Crippen LogP contribution in [0.25, 0.3) is 0 Å². The minimum absolute atomic E-state index is 0.616. The van der Waals surface area contributed by atoms with E-state index in [0.717, 1.165) is 21.7 Å². The Bertz CT molecular complexity index is 812. The van der Waals surface area contributed by atoms with E-state index in [2.05, 4.69) is 0 Å². The van der Waals surface area contributed by atoms with Crippen molar-refractivity contribution in [1.29, 1.82) is 0 Å². The maximum absolute atomic E-state index is 12.6. The van der Waals surface area contributed by atoms with Gasteiger partial charge in [-0.2, -0.15) is 13.2 Å². The molecule has 136 valence electrons. The number of halogens is 3. The predicted molar refractivity (Wildman–Crippen MR) is 102 cm³/mol. The van der Waals surface area contributed by atoms with Gasteiger partial charge >= 0.3 is 6.18 Å². The SMILES string of the molecule is CCC1(C=CCC(F)(F)F)CSc2ccccc2C(c2ccccc2)=N1. The van der Waals surface area contributed by atoms with Crippen LogP contribution >= 0.6 is 11.8 Å². The van der Waals surface area contributed by atoms with Gasteiger partial charge in [-0.3, -0.25) is 4.99 Å². The van der Waals surface area contributed by atoms with E-state index in [1.165, 1.54) is 6.08 Å². The second-order valence-corrected chi connectivity index (χ2v) is 7.31. The molecule has 1 aliphatic heterocycles. The average Bonchev–Trinajstić information content (AvgIpc) is 2.80. The molecular formula is C21H20F3NS. The molecule has 1 atom stereocenters. The Morgan fingerprint density at radius 1 is 1.08 bits per heavy atom. The Kier molecular flexibility index (Phi) is 5.56. The standard InChI is InChI=1S/C21H20F3NS/c1-2-20(13-8-14-21(22,23)24)15-26-18-12-7-6-11-17(18)19(25-20)16-9-4-3-5-10-16/h3-13H,2,14-15H2,1H3. The predicted octanol–water partition coefficient (Wildman–Crippen LogP) is 6.29. The van der Waals surface area contributed by atoms with Gasteiger partial charge in [0.15, 0.2) is 0 Å². The minimum atomic E-state index is -4.20. The first-order valence-corrected chi connectivity index (χ1v) is 9.53. The fraction of sp³-hybridized carbons (Fsp3) is 0.286. The van der Waals surface area contributed by atoms with Gasteiger partial charge in [-0.05, 0) is 12.5 Å². The Labute approximate surface area is 156 Å². The Balaban J connectivity index is 2.08. The molecule has 0 amide bonds. The van der Waals surface area contributed by atoms with Crippen LogP contribution in [0, 0.1) is 0 Å². The van der Waals surface area contributed by atoms with Crippen LogP contribution in [0.5, 0.6) is 0 Å². The Hall–Kier alpha value is -2.01. The summed E-state index contributed by atoms with van der Waals surface area (Å²) in [6.07, 6.45) is -1.63. The number of nitrogens with zero attached hydrogens (tertiary/aromatic N) is 1. The molecule has 1 aliphatic rings. The van der Waals surface area contributed by atoms with Gasteiger partial charge in [0, 0.05) is 21.8 Å². The van der Waals surface area contributed by atoms with Crippen molar-refractivity contribution >= 4 is 17.5 Å². The number of rotatable bonds is 4. The highest BCUT2D eigenvalue weighted by Crippen LogP contribution is 2.37. The molecular weight excluding hydrogens is 355 g/mol. The molecule has 0 spiro atoms. The first-order chi connectivity index (χ1) is 12.4. The third-order valence-corrected chi connectivity index (χ3v) is 5.70. The number of hydrogen-bond acceptors (Lipinski definition) is 2. The van der Waals surface area contributed by atoms with E-state index in [0.29, 0.717) is 12.2 Å². The Morgan fingerprint density at radius 3 is 2.46 bits per heavy atom. The normalized spacial score (nSPS) is 20.5. The van der Waals surface area contributed by atoms with Crippen LogP contribution in [0.15, 0.2) is 76.6 Å². The molecule has 0 saturated heterocycles. The van der Waals surface area contributed by atoms with Gasteiger partial charge in [0.2, 0.25) is 0 Å². The van der Waals surface area contributed by atoms with Crippen LogP contribution in [0.1, 0.15) is 30.9 Å². The van der Waals surface area contributed by atoms with Crippen molar-refractivity contribution in [3.63, 3.8) is 0 Å². The van der Waals surface area contributed by atoms with Gasteiger partial charge in [0.1, 0.15) is 0 Å². The summed E-state index contributed by atoms with van der Waals surface area (Å²) in [5.41, 5.74) is 2.19. The average molecular weight is 375 g/mol. The minimum Gasteiger partial charge on any atom is -0.272 e. The van der Waals surface area contributed by atoms with Crippen molar-refractivity contribution in [3.8, 4) is 0 Å². The second-order valence-electron chi connectivity index (χ2n) is 6.29. The van der Waals surface area contributed by atoms with E-state index in [4.69, 9.17) is 4.99 Å². The third-order valence-electron chi connectivity index (χ3n) is 4.39. The van der Waals surface area contributed by atoms with Crippen LogP contribution in [0.2, 0.25) is 0 Å². The topological polar surface area (TPSA) is 12.4 Å². The molecule has 2 aromatic rings. The van der Waals surface area contributed by atoms with E-state index in [1.807, 2.05) is 61.5 Å². The van der Waals surface area contributed by atoms with Crippen molar-refractivity contribution < 1.29 is 13.2 Å². The zero-order chi connectivity index (χ0) is 18.6. The molecule has 2 aromatic carbocycles. The fourth-order valence-electron chi connectivity index (χ4n) is 2.92. The lowest BCUT2D eigenvalue weighted by atomic mass is 9.95. The lowest BCUT2D eigenvalue weighted by Gasteiger charge is -2.24. The quantitative estimate of drug-likeness (QED) is 0.572. The molecule has 26 heavy (non-hydrogen) atoms. The van der Waals surface area contributed by atoms with Crippen molar-refractivity contribution in [2.75, 3.05) is 5.75 Å². The summed E-state index contributed by atoms with van der Waals surface area (Å²) in [5.74, 6) is 0.616. The number of aliphatic imine (C=N–C) groups is 1. The number of allylic oxidation sites excluding steroid dienone is 1. The van der Waals surface area contributed by atoms with E-state index in [1.54, 1.807) is 17.8 Å². The molecule has 0 fully saturated rings. The summed E-state index contributed by atoms with van der Waals surface area (Å²) in [4.78, 5) is 6.10. The van der Waals surface area contributed by atoms with Gasteiger partial charge in [-0.1, -0.05) is 67.6 Å². The van der Waals surface area contributed by atoms with Crippen LogP contribution in [0.4, 0.5) is 13.2 Å². The number of thioether (sulfide) groups is 1. The molecule has 3 rings (SSSR count). The monoisotopic (exact) mass is 375 g/mol. The van der Waals surface area contributed by atoms with Crippen molar-refractivity contribution in [2.24, 2.45) is 4.99 Å². The lowest BCUT2D eigenvalue weighted by Crippen LogP contribution is -2.27. The van der Waals surface area contributed by atoms with Gasteiger partial charge in [0.05, 0.1) is 17.7 Å². The summed E-state index contributed by atoms with van der Waals surface area (Å²) < 4.78 is 37.7. The lowest BCUT2D eigenvalue weighted by molar-refractivity contribution is -0.125. The van der Waals surface area contributed by atoms with Crippen molar-refractivity contribution in [3.05, 3.63) is 77.9 Å². The molecule has 1 heterocycles. The first kappa shape index (κ1) is 18.8. The summed E-state index contributed by atoms with van der Waals surface area (Å²) in [5, 5.41) is 0. The van der Waals surface area contributed by atoms with E-state index in [9.17, 15) is 13.2 Å². The summed E-state index contributed by atoms with van der Waals surface area (Å²) >= 11 is 1.65. The molecule has 0 aromatic heterocycles. The smallest absolute Gasteiger partial charge is 0.272 e. The van der Waals surface area contributed by atoms with Crippen LogP contribution in [0.3, 0.4) is 0 Å². The first-order valence-electron chi connectivity index (χ1n) is 8.54. The number of alkyl halides is 3. The molecule has 0 radical (unpaired) electrons. The van der Waals surface area contributed by atoms with Gasteiger partial charge < -0.3 is 0 Å². The number of fused-ring (bicyclic) bond motifs is 1. The molecule has 0 aliphatic carbocycles. The van der Waals surface area contributed by atoms with E-state index in [-0.39, 0.29) is 0 Å². The zero-order valence-electron chi connectivity index (χ0n) is 14.5. The number of hydrogen-bond donors (Lipinski definition) is 0. The highest BCUT2D eigenvalue weighted by atomic mass is 32.2. The van der Waals surface area contributed by atoms with Crippen LogP contribution < -0.4 is 0 Å². The van der Waals surface area contributed by atoms with Gasteiger partial charge in [-0.15, -0.1) is 11.8 Å². The highest BCUT2D eigenvalue weighted by Gasteiger charge is 2.31. The van der Waals surface area contributed by atoms with Gasteiger partial charge in [0.25, 0.3) is 0 Å². The maximum Gasteiger partial charge on any atom is 0.392 e. The molecule has 0 saturated carbocycles. The largest absolute Gasteiger partial charge is 0.392 e. The van der Waals surface area contributed by atoms with Gasteiger partial charge in [-0.25, -0.2) is 0 Å². The molecule has 5 heteroatoms. The van der Waals surface area contributed by atoms with Crippen LogP contribution in [-0.4, -0.2) is 23.2 Å². The maximum atomic E-state index is 12.6. The summed E-state index contributed by atoms with van der Waals surface area (Å²) in [7, 11) is 0. The van der Waals surface area contributed by atoms with Crippen molar-refractivity contribution in [1.82, 2.24) is 0 Å². The van der Waals surface area contributed by atoms with Crippen LogP contribution in [-0.2, 0) is 0 Å². The molecule has 1 unspecified atom stereocenters. The molecule has 0 bridgehead atoms. The third kappa shape index (κ3) is 4.39. The zero-order valence-corrected chi connectivity index (χ0v) is 15.3. The Morgan fingerprint density at radius 2 is 1.77 bits per heavy atom. The van der Waals surface area contributed by atoms with E-state index >= 15 is 0 Å². The molecule has 0 N–H and O–H groups in total. The number of benzene rings is 2. The van der Waals surface area contributed by atoms with Crippen molar-refractivity contribution in [2.45, 2.75) is 36.4 Å². The second kappa shape index (κ2) is 7.70. The summed E-state index contributed by atoms with van der Waals surface area (Å²) in [6.45, 7) is 1.97. The highest BCUT2D eigenvalue weighted by molar-refractivity contribution is 7.99. The summed E-state index contributed by atoms with van der Waals surface area (Å²) in [6, 6.07) is 17.8. The van der Waals surface area contributed by atoms with E-state index < -0.39 is 18.1 Å².